The summed E-state index contributed by atoms with van der Waals surface area (Å²) in [6.45, 7) is 3.56. The highest BCUT2D eigenvalue weighted by atomic mass is 15.1. The number of nitrogens with zero attached hydrogens (tertiary/aromatic N) is 2. The summed E-state index contributed by atoms with van der Waals surface area (Å²) in [7, 11) is 0. The number of hydrogen-bond acceptors (Lipinski definition) is 1. The molecule has 2 nitrogen and oxygen atoms in total. The van der Waals surface area contributed by atoms with E-state index in [0.29, 0.717) is 0 Å². The van der Waals surface area contributed by atoms with Gasteiger partial charge in [0.05, 0.1) is 0 Å². The first-order valence-corrected chi connectivity index (χ1v) is 16.0. The molecule has 2 aliphatic rings. The van der Waals surface area contributed by atoms with Crippen molar-refractivity contribution in [2.24, 2.45) is 0 Å². The van der Waals surface area contributed by atoms with E-state index >= 15 is 0 Å². The van der Waals surface area contributed by atoms with Gasteiger partial charge in [-0.15, -0.1) is 0 Å². The van der Waals surface area contributed by atoms with Gasteiger partial charge in [0.2, 0.25) is 0 Å². The van der Waals surface area contributed by atoms with E-state index in [1.54, 1.807) is 5.57 Å². The highest BCUT2D eigenvalue weighted by Crippen LogP contribution is 2.18. The molecular weight excluding hydrogens is 436 g/mol. The highest BCUT2D eigenvalue weighted by Gasteiger charge is 2.06. The van der Waals surface area contributed by atoms with Crippen molar-refractivity contribution in [1.29, 1.82) is 0 Å². The number of allylic oxidation sites excluding steroid dienone is 2. The van der Waals surface area contributed by atoms with Crippen molar-refractivity contribution >= 4 is 0 Å². The van der Waals surface area contributed by atoms with Gasteiger partial charge in [0.1, 0.15) is 6.54 Å². The number of fused-ring (bicyclic) bond motifs is 3. The molecule has 0 atom stereocenters. The topological polar surface area (TPSA) is 7.12 Å². The molecule has 0 amide bonds. The van der Waals surface area contributed by atoms with Crippen LogP contribution >= 0.6 is 0 Å². The largest absolute Gasteiger partial charge is 0.373 e. The third kappa shape index (κ3) is 13.7. The molecule has 1 aromatic rings. The Balaban J connectivity index is 1.35. The van der Waals surface area contributed by atoms with Gasteiger partial charge in [-0.05, 0) is 50.2 Å². The molecule has 0 spiro atoms. The zero-order valence-corrected chi connectivity index (χ0v) is 23.6. The summed E-state index contributed by atoms with van der Waals surface area (Å²) < 4.78 is 2.44. The molecule has 36 heavy (non-hydrogen) atoms. The van der Waals surface area contributed by atoms with Gasteiger partial charge in [-0.2, -0.15) is 0 Å². The summed E-state index contributed by atoms with van der Waals surface area (Å²) in [5.74, 6) is 0. The number of aromatic nitrogens is 1. The second-order valence-corrected chi connectivity index (χ2v) is 11.6. The first kappa shape index (κ1) is 29.0. The molecule has 0 unspecified atom stereocenters. The molecule has 0 aliphatic carbocycles. The highest BCUT2D eigenvalue weighted by molar-refractivity contribution is 5.22. The van der Waals surface area contributed by atoms with E-state index in [4.69, 9.17) is 0 Å². The Kier molecular flexibility index (Phi) is 15.7. The van der Waals surface area contributed by atoms with Crippen LogP contribution in [0.15, 0.2) is 48.5 Å². The van der Waals surface area contributed by atoms with Crippen molar-refractivity contribution in [3.05, 3.63) is 54.0 Å². The maximum atomic E-state index is 2.56. The first-order chi connectivity index (χ1) is 17.9. The molecule has 1 aromatic heterocycles. The molecule has 0 saturated carbocycles. The van der Waals surface area contributed by atoms with E-state index in [-0.39, 0.29) is 0 Å². The van der Waals surface area contributed by atoms with Crippen LogP contribution in [0.2, 0.25) is 0 Å². The smallest absolute Gasteiger partial charge is 0.171 e. The number of hydrogen-bond donors (Lipinski definition) is 0. The maximum absolute atomic E-state index is 2.56. The van der Waals surface area contributed by atoms with Crippen molar-refractivity contribution in [3.63, 3.8) is 0 Å². The first-order valence-electron chi connectivity index (χ1n) is 16.0. The molecule has 0 fully saturated rings. The summed E-state index contributed by atoms with van der Waals surface area (Å²) in [6, 6.07) is 4.59. The zero-order valence-electron chi connectivity index (χ0n) is 23.6. The fourth-order valence-electron chi connectivity index (χ4n) is 5.93. The number of rotatable bonds is 0. The lowest BCUT2D eigenvalue weighted by Crippen LogP contribution is -2.33. The van der Waals surface area contributed by atoms with Gasteiger partial charge in [0, 0.05) is 37.3 Å². The fraction of sp³-hybridized carbons (Fsp3) is 0.735. The van der Waals surface area contributed by atoms with Crippen molar-refractivity contribution < 1.29 is 4.57 Å². The molecule has 3 rings (SSSR count). The predicted octanol–water partition coefficient (Wildman–Crippen LogP) is 9.48. The van der Waals surface area contributed by atoms with Crippen molar-refractivity contribution in [3.8, 4) is 0 Å². The van der Waals surface area contributed by atoms with Gasteiger partial charge in [0.15, 0.2) is 12.4 Å². The summed E-state index contributed by atoms with van der Waals surface area (Å²) in [4.78, 5) is 2.56. The van der Waals surface area contributed by atoms with E-state index in [2.05, 4.69) is 52.3 Å². The van der Waals surface area contributed by atoms with E-state index in [1.807, 2.05) is 0 Å². The second kappa shape index (κ2) is 19.5. The number of aryl methyl sites for hydroxylation is 2. The summed E-state index contributed by atoms with van der Waals surface area (Å²) in [5.41, 5.74) is 3.09. The van der Waals surface area contributed by atoms with Gasteiger partial charge in [-0.1, -0.05) is 108 Å². The lowest BCUT2D eigenvalue weighted by molar-refractivity contribution is -0.697. The van der Waals surface area contributed by atoms with E-state index in [1.165, 1.54) is 160 Å². The van der Waals surface area contributed by atoms with Gasteiger partial charge < -0.3 is 4.90 Å². The van der Waals surface area contributed by atoms with Crippen LogP contribution in [-0.4, -0.2) is 18.0 Å². The van der Waals surface area contributed by atoms with E-state index in [9.17, 15) is 0 Å². The normalized spacial score (nSPS) is 21.9. The van der Waals surface area contributed by atoms with E-state index < -0.39 is 0 Å². The van der Waals surface area contributed by atoms with Crippen LogP contribution in [0.25, 0.3) is 0 Å². The Hall–Kier alpha value is -1.57. The van der Waals surface area contributed by atoms with Crippen molar-refractivity contribution in [2.45, 2.75) is 148 Å². The molecule has 0 saturated heterocycles. The van der Waals surface area contributed by atoms with Crippen LogP contribution in [0, 0.1) is 0 Å². The van der Waals surface area contributed by atoms with Crippen LogP contribution < -0.4 is 4.57 Å². The molecule has 2 aliphatic heterocycles. The monoisotopic (exact) mass is 493 g/mol. The average Bonchev–Trinajstić information content (AvgIpc) is 2.90. The average molecular weight is 494 g/mol. The van der Waals surface area contributed by atoms with Gasteiger partial charge >= 0.3 is 0 Å². The Labute approximate surface area is 224 Å². The fourth-order valence-corrected chi connectivity index (χ4v) is 5.93. The van der Waals surface area contributed by atoms with Gasteiger partial charge in [-0.3, -0.25) is 0 Å². The quantitative estimate of drug-likeness (QED) is 0.326. The predicted molar refractivity (Wildman–Crippen MR) is 156 cm³/mol. The molecular formula is C34H57N2+. The van der Waals surface area contributed by atoms with Crippen molar-refractivity contribution in [1.82, 2.24) is 4.90 Å². The minimum atomic E-state index is 1.12. The van der Waals surface area contributed by atoms with Crippen LogP contribution in [-0.2, 0) is 13.0 Å². The molecule has 0 N–H and O–H groups in total. The maximum Gasteiger partial charge on any atom is 0.171 e. The number of pyridine rings is 1. The van der Waals surface area contributed by atoms with E-state index in [0.717, 1.165) is 6.54 Å². The standard InChI is InChI=1S/C34H57N2/c1-3-7-11-15-19-27-35-29-22-26-34(32-35)24-18-14-10-6-2-4-8-12-16-20-28-36-30-21-25-33(31-36)23-17-13-9-5-1/h21-22,25-26,29,31-32H,1-20,23-24,27-28,30H2/q+1. The summed E-state index contributed by atoms with van der Waals surface area (Å²) in [5, 5.41) is 0. The molecule has 4 bridgehead atoms. The molecule has 202 valence electrons. The molecule has 0 radical (unpaired) electrons. The minimum Gasteiger partial charge on any atom is -0.373 e. The minimum absolute atomic E-state index is 1.12. The van der Waals surface area contributed by atoms with Gasteiger partial charge in [0.25, 0.3) is 0 Å². The van der Waals surface area contributed by atoms with Crippen LogP contribution in [0.3, 0.4) is 0 Å². The molecule has 2 heteroatoms. The third-order valence-corrected chi connectivity index (χ3v) is 8.23. The Morgan fingerprint density at radius 3 is 1.81 bits per heavy atom. The Morgan fingerprint density at radius 2 is 1.14 bits per heavy atom. The molecule has 3 heterocycles. The van der Waals surface area contributed by atoms with Crippen LogP contribution in [0.4, 0.5) is 0 Å². The Morgan fingerprint density at radius 1 is 0.583 bits per heavy atom. The SMILES string of the molecule is C1=CC2=CN(C1)CCCCCCCCCCCCc1ccc[n+](c1)CCCCCCCCCCCC2. The molecule has 0 aromatic carbocycles. The third-order valence-electron chi connectivity index (χ3n) is 8.23. The lowest BCUT2D eigenvalue weighted by atomic mass is 10.0. The lowest BCUT2D eigenvalue weighted by Gasteiger charge is -2.23. The van der Waals surface area contributed by atoms with Crippen LogP contribution in [0.1, 0.15) is 140 Å². The van der Waals surface area contributed by atoms with Crippen LogP contribution in [0.5, 0.6) is 0 Å². The van der Waals surface area contributed by atoms with Crippen molar-refractivity contribution in [2.75, 3.05) is 13.1 Å². The summed E-state index contributed by atoms with van der Waals surface area (Å²) >= 11 is 0. The Bertz CT molecular complexity index is 734. The summed E-state index contributed by atoms with van der Waals surface area (Å²) in [6.07, 6.45) is 42.6. The zero-order chi connectivity index (χ0) is 24.9. The van der Waals surface area contributed by atoms with Gasteiger partial charge in [-0.25, -0.2) is 4.57 Å². The second-order valence-electron chi connectivity index (χ2n) is 11.6.